The second kappa shape index (κ2) is 7.19. The van der Waals surface area contributed by atoms with Crippen LogP contribution in [-0.4, -0.2) is 64.0 Å². The van der Waals surface area contributed by atoms with Crippen molar-refractivity contribution in [3.05, 3.63) is 12.4 Å². The number of amides is 1. The lowest BCUT2D eigenvalue weighted by atomic mass is 9.81. The summed E-state index contributed by atoms with van der Waals surface area (Å²) in [7, 11) is -0.479. The van der Waals surface area contributed by atoms with E-state index in [0.717, 1.165) is 11.9 Å². The van der Waals surface area contributed by atoms with E-state index >= 15 is 0 Å². The molecule has 1 N–H and O–H groups in total. The fraction of sp³-hybridized carbons (Fsp3) is 0.737. The first kappa shape index (κ1) is 20.9. The Kier molecular flexibility index (Phi) is 5.35. The van der Waals surface area contributed by atoms with Crippen molar-refractivity contribution in [2.24, 2.45) is 0 Å². The lowest BCUT2D eigenvalue weighted by molar-refractivity contribution is 0.00578. The number of hydrogen-bond acceptors (Lipinski definition) is 7. The van der Waals surface area contributed by atoms with Crippen molar-refractivity contribution in [3.63, 3.8) is 0 Å². The predicted octanol–water partition coefficient (Wildman–Crippen LogP) is 2.20. The molecule has 1 aromatic rings. The third-order valence-corrected chi connectivity index (χ3v) is 5.37. The van der Waals surface area contributed by atoms with Crippen molar-refractivity contribution in [3.8, 4) is 0 Å². The van der Waals surface area contributed by atoms with Gasteiger partial charge in [0.25, 0.3) is 0 Å². The van der Waals surface area contributed by atoms with Gasteiger partial charge in [-0.05, 0) is 54.9 Å². The minimum Gasteiger partial charge on any atom is -0.444 e. The molecule has 1 aromatic heterocycles. The van der Waals surface area contributed by atoms with Crippen molar-refractivity contribution in [1.29, 1.82) is 0 Å². The van der Waals surface area contributed by atoms with E-state index in [1.807, 2.05) is 48.5 Å². The summed E-state index contributed by atoms with van der Waals surface area (Å²) < 4.78 is 17.5. The molecule has 0 radical (unpaired) electrons. The minimum atomic E-state index is -0.491. The van der Waals surface area contributed by atoms with Crippen molar-refractivity contribution in [2.45, 2.75) is 77.7 Å². The lowest BCUT2D eigenvalue weighted by Crippen LogP contribution is -2.41. The number of carbonyl (C=O) groups excluding carboxylic acids is 1. The number of nitrogens with one attached hydrogen (secondary N) is 1. The van der Waals surface area contributed by atoms with Crippen LogP contribution in [0.25, 0.3) is 0 Å². The van der Waals surface area contributed by atoms with Crippen molar-refractivity contribution in [2.75, 3.05) is 18.4 Å². The van der Waals surface area contributed by atoms with Crippen LogP contribution in [0.5, 0.6) is 0 Å². The van der Waals surface area contributed by atoms with Gasteiger partial charge in [-0.25, -0.2) is 14.8 Å². The maximum absolute atomic E-state index is 12.2. The molecule has 154 valence electrons. The van der Waals surface area contributed by atoms with Crippen LogP contribution in [-0.2, 0) is 14.0 Å². The Morgan fingerprint density at radius 3 is 2.32 bits per heavy atom. The van der Waals surface area contributed by atoms with Gasteiger partial charge in [0.2, 0.25) is 5.95 Å². The van der Waals surface area contributed by atoms with Crippen LogP contribution in [0, 0.1) is 0 Å². The lowest BCUT2D eigenvalue weighted by Gasteiger charge is -2.32. The highest BCUT2D eigenvalue weighted by Crippen LogP contribution is 2.36. The van der Waals surface area contributed by atoms with Gasteiger partial charge in [0.15, 0.2) is 0 Å². The number of carbonyl (C=O) groups is 1. The van der Waals surface area contributed by atoms with E-state index < -0.39 is 23.9 Å². The second-order valence-corrected chi connectivity index (χ2v) is 9.48. The first-order valence-electron chi connectivity index (χ1n) is 9.78. The predicted molar refractivity (Wildman–Crippen MR) is 108 cm³/mol. The summed E-state index contributed by atoms with van der Waals surface area (Å²) in [6.45, 7) is 14.9. The highest BCUT2D eigenvalue weighted by atomic mass is 16.7. The molecule has 3 rings (SSSR count). The average Bonchev–Trinajstić information content (AvgIpc) is 3.09. The van der Waals surface area contributed by atoms with E-state index in [9.17, 15) is 4.79 Å². The second-order valence-electron chi connectivity index (χ2n) is 9.48. The maximum Gasteiger partial charge on any atom is 0.498 e. The molecule has 2 aliphatic heterocycles. The Labute approximate surface area is 167 Å². The van der Waals surface area contributed by atoms with Crippen molar-refractivity contribution < 1.29 is 18.8 Å². The van der Waals surface area contributed by atoms with Gasteiger partial charge in [-0.1, -0.05) is 0 Å². The molecule has 0 aliphatic carbocycles. The van der Waals surface area contributed by atoms with Crippen LogP contribution in [0.3, 0.4) is 0 Å². The average molecular weight is 390 g/mol. The van der Waals surface area contributed by atoms with E-state index in [-0.39, 0.29) is 12.1 Å². The van der Waals surface area contributed by atoms with Gasteiger partial charge in [0.1, 0.15) is 5.60 Å². The molecule has 1 atom stereocenters. The van der Waals surface area contributed by atoms with Crippen LogP contribution < -0.4 is 10.8 Å². The molecule has 2 fully saturated rings. The molecule has 0 bridgehead atoms. The van der Waals surface area contributed by atoms with Gasteiger partial charge in [-0.15, -0.1) is 0 Å². The van der Waals surface area contributed by atoms with Gasteiger partial charge in [0.05, 0.1) is 11.2 Å². The third-order valence-electron chi connectivity index (χ3n) is 5.37. The molecular formula is C19H31BN4O4. The number of rotatable bonds is 3. The zero-order valence-electron chi connectivity index (χ0n) is 17.9. The monoisotopic (exact) mass is 390 g/mol. The summed E-state index contributed by atoms with van der Waals surface area (Å²) >= 11 is 0. The molecule has 2 aliphatic rings. The molecule has 1 amide bonds. The smallest absolute Gasteiger partial charge is 0.444 e. The number of ether oxygens (including phenoxy) is 1. The zero-order valence-corrected chi connectivity index (χ0v) is 17.9. The van der Waals surface area contributed by atoms with Crippen LogP contribution >= 0.6 is 0 Å². The number of nitrogens with zero attached hydrogens (tertiary/aromatic N) is 3. The molecule has 28 heavy (non-hydrogen) atoms. The van der Waals surface area contributed by atoms with Gasteiger partial charge >= 0.3 is 13.2 Å². The SMILES string of the molecule is CC(C)(C)OC(=O)N1CCC(Nc2ncc(B3OC(C)(C)C(C)(C)O3)cn2)C1. The van der Waals surface area contributed by atoms with Crippen LogP contribution in [0.1, 0.15) is 54.9 Å². The van der Waals surface area contributed by atoms with E-state index in [0.29, 0.717) is 19.0 Å². The molecule has 0 saturated carbocycles. The molecular weight excluding hydrogens is 359 g/mol. The van der Waals surface area contributed by atoms with Gasteiger partial charge in [0, 0.05) is 37.0 Å². The molecule has 8 nitrogen and oxygen atoms in total. The fourth-order valence-corrected chi connectivity index (χ4v) is 3.07. The molecule has 1 unspecified atom stereocenters. The van der Waals surface area contributed by atoms with Crippen molar-refractivity contribution >= 4 is 24.6 Å². The summed E-state index contributed by atoms with van der Waals surface area (Å²) in [6, 6.07) is 0.0928. The number of likely N-dealkylation sites (tertiary alicyclic amines) is 1. The topological polar surface area (TPSA) is 85.8 Å². The molecule has 2 saturated heterocycles. The summed E-state index contributed by atoms with van der Waals surface area (Å²) in [5.74, 6) is 0.524. The normalized spacial score (nSPS) is 23.8. The highest BCUT2D eigenvalue weighted by molar-refractivity contribution is 6.61. The Balaban J connectivity index is 1.55. The summed E-state index contributed by atoms with van der Waals surface area (Å²) in [6.07, 6.45) is 3.98. The molecule has 0 spiro atoms. The molecule has 3 heterocycles. The minimum absolute atomic E-state index is 0.0928. The molecule has 0 aromatic carbocycles. The zero-order chi connectivity index (χ0) is 20.7. The Morgan fingerprint density at radius 1 is 1.21 bits per heavy atom. The number of aromatic nitrogens is 2. The van der Waals surface area contributed by atoms with E-state index in [1.54, 1.807) is 17.3 Å². The first-order valence-corrected chi connectivity index (χ1v) is 9.78. The standard InChI is InChI=1S/C19H31BN4O4/c1-17(2,3)26-16(25)24-9-8-14(12-24)23-15-21-10-13(11-22-15)20-27-18(4,5)19(6,7)28-20/h10-11,14H,8-9,12H2,1-7H3,(H,21,22,23). The third kappa shape index (κ3) is 4.58. The Morgan fingerprint density at radius 2 is 1.79 bits per heavy atom. The molecule has 9 heteroatoms. The van der Waals surface area contributed by atoms with Gasteiger partial charge in [-0.2, -0.15) is 0 Å². The van der Waals surface area contributed by atoms with Crippen molar-refractivity contribution in [1.82, 2.24) is 14.9 Å². The largest absolute Gasteiger partial charge is 0.498 e. The number of anilines is 1. The first-order chi connectivity index (χ1) is 12.9. The Hall–Kier alpha value is -1.87. The van der Waals surface area contributed by atoms with E-state index in [4.69, 9.17) is 14.0 Å². The van der Waals surface area contributed by atoms with E-state index in [2.05, 4.69) is 15.3 Å². The summed E-state index contributed by atoms with van der Waals surface area (Å²) in [5, 5.41) is 3.29. The van der Waals surface area contributed by atoms with Gasteiger partial charge < -0.3 is 24.3 Å². The highest BCUT2D eigenvalue weighted by Gasteiger charge is 2.52. The van der Waals surface area contributed by atoms with E-state index in [1.165, 1.54) is 0 Å². The summed E-state index contributed by atoms with van der Waals surface area (Å²) in [5.41, 5.74) is -0.506. The van der Waals surface area contributed by atoms with Gasteiger partial charge in [-0.3, -0.25) is 0 Å². The quantitative estimate of drug-likeness (QED) is 0.792. The number of hydrogen-bond donors (Lipinski definition) is 1. The van der Waals surface area contributed by atoms with Crippen LogP contribution in [0.2, 0.25) is 0 Å². The van der Waals surface area contributed by atoms with Crippen LogP contribution in [0.4, 0.5) is 10.7 Å². The fourth-order valence-electron chi connectivity index (χ4n) is 3.07. The maximum atomic E-state index is 12.2. The Bertz CT molecular complexity index is 702. The summed E-state index contributed by atoms with van der Waals surface area (Å²) in [4.78, 5) is 22.7. The van der Waals surface area contributed by atoms with Crippen LogP contribution in [0.15, 0.2) is 12.4 Å².